The number of nitrogens with zero attached hydrogens (tertiary/aromatic N) is 6. The Bertz CT molecular complexity index is 1170. The average molecular weight is 445 g/mol. The lowest BCUT2D eigenvalue weighted by atomic mass is 9.83. The van der Waals surface area contributed by atoms with E-state index in [4.69, 9.17) is 15.0 Å². The van der Waals surface area contributed by atoms with E-state index in [2.05, 4.69) is 46.8 Å². The number of benzene rings is 1. The van der Waals surface area contributed by atoms with Gasteiger partial charge in [-0.15, -0.1) is 11.3 Å². The number of anilines is 2. The molecule has 6 nitrogen and oxygen atoms in total. The van der Waals surface area contributed by atoms with Gasteiger partial charge in [-0.2, -0.15) is 0 Å². The molecule has 0 aliphatic carbocycles. The number of hydrogen-bond acceptors (Lipinski definition) is 7. The summed E-state index contributed by atoms with van der Waals surface area (Å²) in [5, 5.41) is 3.13. The Morgan fingerprint density at radius 3 is 2.75 bits per heavy atom. The van der Waals surface area contributed by atoms with Crippen molar-refractivity contribution in [2.45, 2.75) is 46.1 Å². The van der Waals surface area contributed by atoms with Crippen molar-refractivity contribution in [2.75, 3.05) is 29.4 Å². The van der Waals surface area contributed by atoms with Crippen molar-refractivity contribution in [2.24, 2.45) is 10.4 Å². The summed E-state index contributed by atoms with van der Waals surface area (Å²) in [7, 11) is 0. The van der Waals surface area contributed by atoms with E-state index in [-0.39, 0.29) is 0 Å². The largest absolute Gasteiger partial charge is 0.355 e. The van der Waals surface area contributed by atoms with Crippen LogP contribution in [-0.2, 0) is 13.0 Å². The van der Waals surface area contributed by atoms with Crippen molar-refractivity contribution in [1.82, 2.24) is 15.0 Å². The SMILES string of the molecule is CC1(C)CCN(c2cnc3c(n2)CN=C3N2CCCc3c(-c4nccs4)cccc32)CC1. The normalized spacial score (nSPS) is 19.5. The third kappa shape index (κ3) is 3.39. The molecule has 2 aromatic heterocycles. The minimum atomic E-state index is 0.427. The number of rotatable bonds is 2. The number of amidine groups is 1. The number of aromatic nitrogens is 3. The molecule has 5 heterocycles. The predicted octanol–water partition coefficient (Wildman–Crippen LogP) is 4.94. The van der Waals surface area contributed by atoms with Gasteiger partial charge in [-0.3, -0.25) is 4.99 Å². The first-order valence-electron chi connectivity index (χ1n) is 11.5. The van der Waals surface area contributed by atoms with Crippen LogP contribution in [0.2, 0.25) is 0 Å². The molecule has 1 saturated heterocycles. The molecule has 7 heteroatoms. The molecule has 0 unspecified atom stereocenters. The summed E-state index contributed by atoms with van der Waals surface area (Å²) in [4.78, 5) is 24.1. The quantitative estimate of drug-likeness (QED) is 0.560. The standard InChI is InChI=1S/C25H28N6S/c1-25(2)8-12-30(13-9-25)21-16-27-22-19(29-21)15-28-23(22)31-11-4-6-17-18(5-3-7-20(17)31)24-26-10-14-32-24/h3,5,7,10,14,16H,4,6,8-9,11-13,15H2,1-2H3. The van der Waals surface area contributed by atoms with E-state index < -0.39 is 0 Å². The maximum absolute atomic E-state index is 5.00. The highest BCUT2D eigenvalue weighted by Crippen LogP contribution is 2.38. The molecule has 164 valence electrons. The first-order valence-corrected chi connectivity index (χ1v) is 12.4. The highest BCUT2D eigenvalue weighted by atomic mass is 32.1. The molecule has 3 aromatic rings. The van der Waals surface area contributed by atoms with Gasteiger partial charge in [0.15, 0.2) is 5.84 Å². The van der Waals surface area contributed by atoms with Gasteiger partial charge in [-0.25, -0.2) is 15.0 Å². The smallest absolute Gasteiger partial charge is 0.156 e. The van der Waals surface area contributed by atoms with Crippen molar-refractivity contribution in [3.63, 3.8) is 0 Å². The highest BCUT2D eigenvalue weighted by Gasteiger charge is 2.31. The van der Waals surface area contributed by atoms with Crippen molar-refractivity contribution in [3.05, 3.63) is 52.9 Å². The first kappa shape index (κ1) is 19.9. The molecule has 1 fully saturated rings. The monoisotopic (exact) mass is 444 g/mol. The molecule has 0 N–H and O–H groups in total. The predicted molar refractivity (Wildman–Crippen MR) is 131 cm³/mol. The minimum Gasteiger partial charge on any atom is -0.355 e. The van der Waals surface area contributed by atoms with E-state index in [0.717, 1.165) is 60.5 Å². The lowest BCUT2D eigenvalue weighted by Crippen LogP contribution is -2.38. The van der Waals surface area contributed by atoms with Crippen molar-refractivity contribution >= 4 is 28.7 Å². The Labute approximate surface area is 193 Å². The summed E-state index contributed by atoms with van der Waals surface area (Å²) in [5.74, 6) is 1.97. The number of aliphatic imine (C=N–C) groups is 1. The van der Waals surface area contributed by atoms with Gasteiger partial charge in [0.2, 0.25) is 0 Å². The molecule has 3 aliphatic rings. The number of thiazole rings is 1. The van der Waals surface area contributed by atoms with Crippen molar-refractivity contribution < 1.29 is 0 Å². The second-order valence-corrected chi connectivity index (χ2v) is 10.6. The summed E-state index contributed by atoms with van der Waals surface area (Å²) in [5.41, 5.74) is 6.22. The highest BCUT2D eigenvalue weighted by molar-refractivity contribution is 7.13. The topological polar surface area (TPSA) is 57.5 Å². The van der Waals surface area contributed by atoms with Gasteiger partial charge in [0, 0.05) is 42.5 Å². The summed E-state index contributed by atoms with van der Waals surface area (Å²) in [6, 6.07) is 6.54. The van der Waals surface area contributed by atoms with E-state index in [1.54, 1.807) is 11.3 Å². The van der Waals surface area contributed by atoms with Gasteiger partial charge in [-0.1, -0.05) is 26.0 Å². The van der Waals surface area contributed by atoms with Crippen LogP contribution in [0.1, 0.15) is 50.1 Å². The van der Waals surface area contributed by atoms with Crippen LogP contribution < -0.4 is 9.80 Å². The fourth-order valence-corrected chi connectivity index (χ4v) is 5.74. The third-order valence-electron chi connectivity index (χ3n) is 7.03. The maximum atomic E-state index is 5.00. The minimum absolute atomic E-state index is 0.427. The second kappa shape index (κ2) is 7.66. The zero-order chi connectivity index (χ0) is 21.7. The van der Waals surface area contributed by atoms with E-state index in [9.17, 15) is 0 Å². The third-order valence-corrected chi connectivity index (χ3v) is 7.84. The fourth-order valence-electron chi connectivity index (χ4n) is 5.05. The molecule has 32 heavy (non-hydrogen) atoms. The van der Waals surface area contributed by atoms with Gasteiger partial charge in [0.05, 0.1) is 18.4 Å². The van der Waals surface area contributed by atoms with Crippen LogP contribution >= 0.6 is 11.3 Å². The molecular weight excluding hydrogens is 416 g/mol. The van der Waals surface area contributed by atoms with E-state index >= 15 is 0 Å². The Balaban J connectivity index is 1.30. The molecule has 0 spiro atoms. The maximum Gasteiger partial charge on any atom is 0.156 e. The molecule has 0 saturated carbocycles. The molecule has 0 atom stereocenters. The Morgan fingerprint density at radius 2 is 1.94 bits per heavy atom. The summed E-state index contributed by atoms with van der Waals surface area (Å²) in [6.07, 6.45) is 8.39. The molecule has 0 bridgehead atoms. The lowest BCUT2D eigenvalue weighted by Gasteiger charge is -2.37. The fraction of sp³-hybridized carbons (Fsp3) is 0.440. The van der Waals surface area contributed by atoms with Crippen LogP contribution in [0.15, 0.2) is 41.0 Å². The molecule has 0 amide bonds. The van der Waals surface area contributed by atoms with Gasteiger partial charge in [0.25, 0.3) is 0 Å². The summed E-state index contributed by atoms with van der Waals surface area (Å²) in [6.45, 7) is 8.38. The van der Waals surface area contributed by atoms with Crippen LogP contribution in [-0.4, -0.2) is 40.4 Å². The number of fused-ring (bicyclic) bond motifs is 2. The molecular formula is C25H28N6S. The zero-order valence-electron chi connectivity index (χ0n) is 18.7. The Hall–Kier alpha value is -2.80. The van der Waals surface area contributed by atoms with Gasteiger partial charge in [-0.05, 0) is 42.7 Å². The van der Waals surface area contributed by atoms with Crippen molar-refractivity contribution in [1.29, 1.82) is 0 Å². The van der Waals surface area contributed by atoms with Crippen LogP contribution in [0.4, 0.5) is 11.5 Å². The zero-order valence-corrected chi connectivity index (χ0v) is 19.5. The summed E-state index contributed by atoms with van der Waals surface area (Å²) >= 11 is 1.70. The van der Waals surface area contributed by atoms with Crippen LogP contribution in [0.3, 0.4) is 0 Å². The van der Waals surface area contributed by atoms with Crippen molar-refractivity contribution in [3.8, 4) is 10.6 Å². The first-order chi connectivity index (χ1) is 15.6. The van der Waals surface area contributed by atoms with E-state index in [1.807, 2.05) is 17.8 Å². The van der Waals surface area contributed by atoms with Gasteiger partial charge in [0.1, 0.15) is 16.5 Å². The lowest BCUT2D eigenvalue weighted by molar-refractivity contribution is 0.279. The molecule has 6 rings (SSSR count). The van der Waals surface area contributed by atoms with Gasteiger partial charge < -0.3 is 9.80 Å². The number of hydrogen-bond donors (Lipinski definition) is 0. The van der Waals surface area contributed by atoms with E-state index in [0.29, 0.717) is 12.0 Å². The van der Waals surface area contributed by atoms with Crippen LogP contribution in [0.5, 0.6) is 0 Å². The Kier molecular flexibility index (Phi) is 4.75. The second-order valence-electron chi connectivity index (χ2n) is 9.71. The molecule has 3 aliphatic heterocycles. The van der Waals surface area contributed by atoms with Crippen LogP contribution in [0.25, 0.3) is 10.6 Å². The summed E-state index contributed by atoms with van der Waals surface area (Å²) < 4.78 is 0. The van der Waals surface area contributed by atoms with Gasteiger partial charge >= 0.3 is 0 Å². The van der Waals surface area contributed by atoms with Crippen LogP contribution in [0, 0.1) is 5.41 Å². The molecule has 1 aromatic carbocycles. The van der Waals surface area contributed by atoms with E-state index in [1.165, 1.54) is 29.7 Å². The Morgan fingerprint density at radius 1 is 1.06 bits per heavy atom. The number of piperidine rings is 1. The average Bonchev–Trinajstić information content (AvgIpc) is 3.48. The molecule has 0 radical (unpaired) electrons.